The maximum absolute atomic E-state index is 14.2. The average Bonchev–Trinajstić information content (AvgIpc) is 3.45. The largest absolute Gasteiger partial charge is 0.485 e. The Kier molecular flexibility index (Phi) is 5.40. The lowest BCUT2D eigenvalue weighted by Crippen LogP contribution is -2.19. The molecule has 1 heterocycles. The van der Waals surface area contributed by atoms with Gasteiger partial charge < -0.3 is 15.6 Å². The number of nitrogens with two attached hydrogens (primary N) is 1. The van der Waals surface area contributed by atoms with Crippen molar-refractivity contribution in [2.24, 2.45) is 0 Å². The van der Waals surface area contributed by atoms with Gasteiger partial charge in [-0.3, -0.25) is 4.79 Å². The van der Waals surface area contributed by atoms with E-state index >= 15 is 0 Å². The molecule has 2 aliphatic carbocycles. The molecule has 3 N–H and O–H groups in total. The number of fused-ring (bicyclic) bond motifs is 3. The van der Waals surface area contributed by atoms with Crippen LogP contribution in [0.4, 0.5) is 10.2 Å². The van der Waals surface area contributed by atoms with Gasteiger partial charge in [-0.25, -0.2) is 9.37 Å². The lowest BCUT2D eigenvalue weighted by Gasteiger charge is -2.25. The minimum Gasteiger partial charge on any atom is -0.485 e. The van der Waals surface area contributed by atoms with Crippen molar-refractivity contribution in [1.29, 1.82) is 0 Å². The van der Waals surface area contributed by atoms with E-state index in [-0.39, 0.29) is 17.9 Å². The molecule has 0 aliphatic heterocycles. The molecule has 1 saturated carbocycles. The van der Waals surface area contributed by atoms with Crippen molar-refractivity contribution >= 4 is 22.6 Å². The number of aromatic nitrogens is 1. The molecule has 2 aliphatic rings. The van der Waals surface area contributed by atoms with Crippen molar-refractivity contribution in [2.75, 3.05) is 5.73 Å². The van der Waals surface area contributed by atoms with E-state index in [9.17, 15) is 14.3 Å². The topological polar surface area (TPSA) is 85.4 Å². The van der Waals surface area contributed by atoms with Crippen LogP contribution >= 0.6 is 0 Å². The van der Waals surface area contributed by atoms with Crippen molar-refractivity contribution in [3.63, 3.8) is 0 Å². The second kappa shape index (κ2) is 8.63. The van der Waals surface area contributed by atoms with Gasteiger partial charge in [0.25, 0.3) is 0 Å². The molecule has 1 spiro atoms. The van der Waals surface area contributed by atoms with Crippen LogP contribution in [0.25, 0.3) is 21.9 Å². The summed E-state index contributed by atoms with van der Waals surface area (Å²) >= 11 is 0. The number of hydrogen-bond donors (Lipinski definition) is 2. The zero-order valence-electron chi connectivity index (χ0n) is 19.8. The van der Waals surface area contributed by atoms with Gasteiger partial charge in [-0.1, -0.05) is 49.2 Å². The van der Waals surface area contributed by atoms with E-state index in [1.807, 2.05) is 18.2 Å². The normalized spacial score (nSPS) is 18.0. The van der Waals surface area contributed by atoms with E-state index in [1.165, 1.54) is 36.6 Å². The van der Waals surface area contributed by atoms with Crippen LogP contribution in [0.15, 0.2) is 66.9 Å². The highest BCUT2D eigenvalue weighted by Crippen LogP contribution is 2.56. The van der Waals surface area contributed by atoms with Crippen molar-refractivity contribution in [1.82, 2.24) is 4.98 Å². The number of carbonyl (C=O) groups is 1. The Bertz CT molecular complexity index is 1490. The Hall–Kier alpha value is -3.93. The molecule has 1 unspecified atom stereocenters. The highest BCUT2D eigenvalue weighted by atomic mass is 19.1. The minimum atomic E-state index is -0.974. The Morgan fingerprint density at radius 3 is 2.72 bits per heavy atom. The van der Waals surface area contributed by atoms with Gasteiger partial charge in [0.2, 0.25) is 0 Å². The van der Waals surface area contributed by atoms with Gasteiger partial charge in [-0.2, -0.15) is 0 Å². The second-order valence-electron chi connectivity index (χ2n) is 10.0. The lowest BCUT2D eigenvalue weighted by molar-refractivity contribution is -0.136. The standard InChI is InChI=1S/C30H27FN2O3/c31-20-8-6-19(15-28(34)35)26(16-20)36-27-17-30(11-1-2-12-30)25-9-7-18(14-24(25)27)21-4-3-5-23-22(21)10-13-33-29(23)32/h3-10,13-14,16,27H,1-2,11-12,15,17H2,(H2,32,33)(H,34,35). The summed E-state index contributed by atoms with van der Waals surface area (Å²) in [6.45, 7) is 0. The van der Waals surface area contributed by atoms with E-state index < -0.39 is 11.8 Å². The van der Waals surface area contributed by atoms with Crippen LogP contribution in [-0.2, 0) is 16.6 Å². The Labute approximate surface area is 208 Å². The van der Waals surface area contributed by atoms with E-state index in [0.29, 0.717) is 17.1 Å². The molecule has 3 aromatic carbocycles. The summed E-state index contributed by atoms with van der Waals surface area (Å²) in [5.74, 6) is -0.613. The molecule has 36 heavy (non-hydrogen) atoms. The van der Waals surface area contributed by atoms with Crippen molar-refractivity contribution in [3.05, 3.63) is 89.4 Å². The highest BCUT2D eigenvalue weighted by molar-refractivity contribution is 6.01. The SMILES string of the molecule is Nc1nccc2c(-c3ccc4c(c3)C(Oc3cc(F)ccc3CC(=O)O)CC43CCCC3)cccc12. The van der Waals surface area contributed by atoms with E-state index in [0.717, 1.165) is 46.7 Å². The minimum absolute atomic E-state index is 0.0475. The molecule has 1 fully saturated rings. The number of anilines is 1. The number of rotatable bonds is 5. The number of nitrogen functional groups attached to an aromatic ring is 1. The summed E-state index contributed by atoms with van der Waals surface area (Å²) in [6.07, 6.45) is 6.58. The number of aliphatic carboxylic acids is 1. The lowest BCUT2D eigenvalue weighted by atomic mass is 9.80. The first-order chi connectivity index (χ1) is 17.4. The summed E-state index contributed by atoms with van der Waals surface area (Å²) in [5.41, 5.74) is 11.2. The Balaban J connectivity index is 1.46. The zero-order valence-corrected chi connectivity index (χ0v) is 19.8. The molecule has 0 bridgehead atoms. The Morgan fingerprint density at radius 2 is 1.92 bits per heavy atom. The maximum atomic E-state index is 14.2. The van der Waals surface area contributed by atoms with Crippen LogP contribution in [0.1, 0.15) is 54.9 Å². The molecular formula is C30H27FN2O3. The summed E-state index contributed by atoms with van der Waals surface area (Å²) in [4.78, 5) is 15.6. The fourth-order valence-electron chi connectivity index (χ4n) is 6.27. The van der Waals surface area contributed by atoms with Crippen LogP contribution in [0, 0.1) is 5.82 Å². The number of carboxylic acids is 1. The fraction of sp³-hybridized carbons (Fsp3) is 0.267. The van der Waals surface area contributed by atoms with E-state index in [4.69, 9.17) is 10.5 Å². The monoisotopic (exact) mass is 482 g/mol. The molecule has 1 atom stereocenters. The van der Waals surface area contributed by atoms with E-state index in [2.05, 4.69) is 29.2 Å². The quantitative estimate of drug-likeness (QED) is 0.335. The molecule has 6 heteroatoms. The third-order valence-electron chi connectivity index (χ3n) is 7.89. The van der Waals surface area contributed by atoms with Crippen molar-refractivity contribution in [3.8, 4) is 16.9 Å². The molecule has 182 valence electrons. The van der Waals surface area contributed by atoms with Crippen LogP contribution in [0.5, 0.6) is 5.75 Å². The predicted molar refractivity (Wildman–Crippen MR) is 137 cm³/mol. The van der Waals surface area contributed by atoms with Gasteiger partial charge in [0.1, 0.15) is 23.5 Å². The average molecular weight is 483 g/mol. The van der Waals surface area contributed by atoms with Gasteiger partial charge >= 0.3 is 5.97 Å². The number of ether oxygens (including phenoxy) is 1. The summed E-state index contributed by atoms with van der Waals surface area (Å²) in [7, 11) is 0. The molecule has 0 saturated heterocycles. The number of carboxylic acid groups (broad SMARTS) is 1. The van der Waals surface area contributed by atoms with Gasteiger partial charge in [0.15, 0.2) is 0 Å². The van der Waals surface area contributed by atoms with Gasteiger partial charge in [0.05, 0.1) is 6.42 Å². The number of benzene rings is 3. The van der Waals surface area contributed by atoms with Crippen LogP contribution in [-0.4, -0.2) is 16.1 Å². The first-order valence-electron chi connectivity index (χ1n) is 12.4. The zero-order chi connectivity index (χ0) is 24.9. The number of pyridine rings is 1. The number of nitrogens with zero attached hydrogens (tertiary/aromatic N) is 1. The third-order valence-corrected chi connectivity index (χ3v) is 7.89. The maximum Gasteiger partial charge on any atom is 0.307 e. The predicted octanol–water partition coefficient (Wildman–Crippen LogP) is 6.59. The molecule has 5 nitrogen and oxygen atoms in total. The second-order valence-corrected chi connectivity index (χ2v) is 10.0. The van der Waals surface area contributed by atoms with E-state index in [1.54, 1.807) is 6.20 Å². The fourth-order valence-corrected chi connectivity index (χ4v) is 6.27. The first kappa shape index (κ1) is 22.5. The number of halogens is 1. The first-order valence-corrected chi connectivity index (χ1v) is 12.4. The van der Waals surface area contributed by atoms with Gasteiger partial charge in [-0.05, 0) is 70.5 Å². The Morgan fingerprint density at radius 1 is 1.08 bits per heavy atom. The molecule has 1 aromatic heterocycles. The van der Waals surface area contributed by atoms with Crippen molar-refractivity contribution in [2.45, 2.75) is 50.0 Å². The molecule has 0 radical (unpaired) electrons. The van der Waals surface area contributed by atoms with Crippen LogP contribution < -0.4 is 10.5 Å². The summed E-state index contributed by atoms with van der Waals surface area (Å²) < 4.78 is 20.6. The molecule has 6 rings (SSSR count). The summed E-state index contributed by atoms with van der Waals surface area (Å²) in [5, 5.41) is 11.3. The van der Waals surface area contributed by atoms with Gasteiger partial charge in [-0.15, -0.1) is 0 Å². The molecular weight excluding hydrogens is 455 g/mol. The molecule has 4 aromatic rings. The van der Waals surface area contributed by atoms with Gasteiger partial charge in [0, 0.05) is 23.2 Å². The third kappa shape index (κ3) is 3.77. The van der Waals surface area contributed by atoms with Crippen molar-refractivity contribution < 1.29 is 19.0 Å². The summed E-state index contributed by atoms with van der Waals surface area (Å²) in [6, 6.07) is 18.7. The highest BCUT2D eigenvalue weighted by Gasteiger charge is 2.46. The number of hydrogen-bond acceptors (Lipinski definition) is 4. The van der Waals surface area contributed by atoms with Crippen LogP contribution in [0.2, 0.25) is 0 Å². The molecule has 0 amide bonds. The van der Waals surface area contributed by atoms with Crippen LogP contribution in [0.3, 0.4) is 0 Å². The smallest absolute Gasteiger partial charge is 0.307 e.